The molecule has 2 N–H and O–H groups in total. The van der Waals surface area contributed by atoms with Crippen molar-refractivity contribution >= 4 is 5.91 Å². The van der Waals surface area contributed by atoms with E-state index in [1.807, 2.05) is 35.2 Å². The van der Waals surface area contributed by atoms with Crippen LogP contribution >= 0.6 is 0 Å². The highest BCUT2D eigenvalue weighted by Gasteiger charge is 2.25. The van der Waals surface area contributed by atoms with Gasteiger partial charge < -0.3 is 10.6 Å². The summed E-state index contributed by atoms with van der Waals surface area (Å²) in [6.45, 7) is 1.52. The third-order valence-electron chi connectivity index (χ3n) is 2.79. The van der Waals surface area contributed by atoms with Gasteiger partial charge >= 0.3 is 0 Å². The number of amides is 1. The molecule has 1 amide bonds. The van der Waals surface area contributed by atoms with Crippen molar-refractivity contribution in [3.8, 4) is 0 Å². The molecular weight excluding hydrogens is 188 g/mol. The molecule has 1 fully saturated rings. The Labute approximate surface area is 89.9 Å². The second-order valence-electron chi connectivity index (χ2n) is 3.99. The summed E-state index contributed by atoms with van der Waals surface area (Å²) in [6.07, 6.45) is 1.84. The van der Waals surface area contributed by atoms with Gasteiger partial charge in [-0.15, -0.1) is 0 Å². The standard InChI is InChI=1S/C12H16N2O/c13-11-7-4-8-14(12(11)15)9-10-5-2-1-3-6-10/h1-3,5-6,11H,4,7-9,13H2/t11-/m1/s1. The van der Waals surface area contributed by atoms with Gasteiger partial charge in [0.15, 0.2) is 0 Å². The van der Waals surface area contributed by atoms with Gasteiger partial charge in [0.2, 0.25) is 5.91 Å². The zero-order valence-corrected chi connectivity index (χ0v) is 8.73. The molecule has 0 aliphatic carbocycles. The predicted molar refractivity (Wildman–Crippen MR) is 59.1 cm³/mol. The molecular formula is C12H16N2O. The van der Waals surface area contributed by atoms with E-state index in [4.69, 9.17) is 5.73 Å². The van der Waals surface area contributed by atoms with Crippen LogP contribution in [0.1, 0.15) is 18.4 Å². The average molecular weight is 204 g/mol. The lowest BCUT2D eigenvalue weighted by Crippen LogP contribution is -2.47. The number of rotatable bonds is 2. The maximum absolute atomic E-state index is 11.7. The lowest BCUT2D eigenvalue weighted by atomic mass is 10.0. The first-order valence-corrected chi connectivity index (χ1v) is 5.35. The molecule has 15 heavy (non-hydrogen) atoms. The van der Waals surface area contributed by atoms with E-state index < -0.39 is 0 Å². The van der Waals surface area contributed by atoms with E-state index in [2.05, 4.69) is 0 Å². The smallest absolute Gasteiger partial charge is 0.239 e. The molecule has 0 saturated carbocycles. The Morgan fingerprint density at radius 1 is 1.33 bits per heavy atom. The summed E-state index contributed by atoms with van der Waals surface area (Å²) < 4.78 is 0. The van der Waals surface area contributed by atoms with E-state index in [0.29, 0.717) is 6.54 Å². The number of nitrogens with two attached hydrogens (primary N) is 1. The molecule has 0 aromatic heterocycles. The van der Waals surface area contributed by atoms with E-state index >= 15 is 0 Å². The van der Waals surface area contributed by atoms with Gasteiger partial charge in [-0.25, -0.2) is 0 Å². The van der Waals surface area contributed by atoms with Crippen molar-refractivity contribution in [1.29, 1.82) is 0 Å². The highest BCUT2D eigenvalue weighted by molar-refractivity contribution is 5.82. The second-order valence-corrected chi connectivity index (χ2v) is 3.99. The number of likely N-dealkylation sites (tertiary alicyclic amines) is 1. The van der Waals surface area contributed by atoms with Crippen molar-refractivity contribution in [3.63, 3.8) is 0 Å². The number of hydrogen-bond acceptors (Lipinski definition) is 2. The van der Waals surface area contributed by atoms with Crippen LogP contribution in [0.5, 0.6) is 0 Å². The molecule has 3 heteroatoms. The Bertz CT molecular complexity index is 337. The van der Waals surface area contributed by atoms with Gasteiger partial charge in [0, 0.05) is 13.1 Å². The van der Waals surface area contributed by atoms with Crippen molar-refractivity contribution in [2.45, 2.75) is 25.4 Å². The van der Waals surface area contributed by atoms with Gasteiger partial charge in [-0.2, -0.15) is 0 Å². The van der Waals surface area contributed by atoms with Gasteiger partial charge in [0.25, 0.3) is 0 Å². The average Bonchev–Trinajstić information content (AvgIpc) is 2.26. The number of nitrogens with zero attached hydrogens (tertiary/aromatic N) is 1. The van der Waals surface area contributed by atoms with Gasteiger partial charge in [-0.05, 0) is 18.4 Å². The van der Waals surface area contributed by atoms with Crippen LogP contribution in [0, 0.1) is 0 Å². The summed E-state index contributed by atoms with van der Waals surface area (Å²) in [5.74, 6) is 0.0881. The van der Waals surface area contributed by atoms with Crippen LogP contribution in [0.25, 0.3) is 0 Å². The molecule has 0 unspecified atom stereocenters. The Balaban J connectivity index is 2.03. The van der Waals surface area contributed by atoms with Crippen molar-refractivity contribution in [1.82, 2.24) is 4.90 Å². The van der Waals surface area contributed by atoms with Crippen LogP contribution in [-0.4, -0.2) is 23.4 Å². The van der Waals surface area contributed by atoms with E-state index in [1.54, 1.807) is 0 Å². The van der Waals surface area contributed by atoms with Crippen LogP contribution in [0.15, 0.2) is 30.3 Å². The molecule has 0 radical (unpaired) electrons. The summed E-state index contributed by atoms with van der Waals surface area (Å²) in [7, 11) is 0. The molecule has 1 saturated heterocycles. The largest absolute Gasteiger partial charge is 0.337 e. The van der Waals surface area contributed by atoms with E-state index in [9.17, 15) is 4.79 Å². The molecule has 0 spiro atoms. The fourth-order valence-corrected chi connectivity index (χ4v) is 1.93. The lowest BCUT2D eigenvalue weighted by molar-refractivity contribution is -0.135. The molecule has 1 aliphatic heterocycles. The normalized spacial score (nSPS) is 21.8. The summed E-state index contributed by atoms with van der Waals surface area (Å²) in [6, 6.07) is 9.74. The Kier molecular flexibility index (Phi) is 3.02. The number of carbonyl (C=O) groups excluding carboxylic acids is 1. The monoisotopic (exact) mass is 204 g/mol. The fraction of sp³-hybridized carbons (Fsp3) is 0.417. The summed E-state index contributed by atoms with van der Waals surface area (Å²) in [4.78, 5) is 13.6. The van der Waals surface area contributed by atoms with E-state index in [-0.39, 0.29) is 11.9 Å². The minimum atomic E-state index is -0.289. The van der Waals surface area contributed by atoms with Gasteiger partial charge in [0.05, 0.1) is 6.04 Å². The SMILES string of the molecule is N[C@@H]1CCCN(Cc2ccccc2)C1=O. The van der Waals surface area contributed by atoms with Crippen molar-refractivity contribution in [2.24, 2.45) is 5.73 Å². The number of hydrogen-bond donors (Lipinski definition) is 1. The van der Waals surface area contributed by atoms with Crippen LogP contribution in [0.2, 0.25) is 0 Å². The maximum atomic E-state index is 11.7. The van der Waals surface area contributed by atoms with Gasteiger partial charge in [-0.1, -0.05) is 30.3 Å². The van der Waals surface area contributed by atoms with Crippen molar-refractivity contribution in [2.75, 3.05) is 6.54 Å². The predicted octanol–water partition coefficient (Wildman–Crippen LogP) is 1.14. The summed E-state index contributed by atoms with van der Waals surface area (Å²) in [5, 5.41) is 0. The zero-order valence-electron chi connectivity index (χ0n) is 8.73. The molecule has 1 aromatic rings. The summed E-state index contributed by atoms with van der Waals surface area (Å²) >= 11 is 0. The third kappa shape index (κ3) is 2.36. The Hall–Kier alpha value is -1.35. The Morgan fingerprint density at radius 3 is 2.80 bits per heavy atom. The van der Waals surface area contributed by atoms with Gasteiger partial charge in [0.1, 0.15) is 0 Å². The minimum Gasteiger partial charge on any atom is -0.337 e. The first-order valence-electron chi connectivity index (χ1n) is 5.35. The van der Waals surface area contributed by atoms with Crippen LogP contribution in [-0.2, 0) is 11.3 Å². The van der Waals surface area contributed by atoms with E-state index in [1.165, 1.54) is 5.56 Å². The molecule has 1 aliphatic rings. The third-order valence-corrected chi connectivity index (χ3v) is 2.79. The number of benzene rings is 1. The highest BCUT2D eigenvalue weighted by Crippen LogP contribution is 2.13. The van der Waals surface area contributed by atoms with Crippen molar-refractivity contribution < 1.29 is 4.79 Å². The van der Waals surface area contributed by atoms with Crippen LogP contribution in [0.4, 0.5) is 0 Å². The lowest BCUT2D eigenvalue weighted by Gasteiger charge is -2.30. The first kappa shape index (κ1) is 10.2. The number of carbonyl (C=O) groups is 1. The molecule has 80 valence electrons. The molecule has 1 atom stereocenters. The molecule has 0 bridgehead atoms. The maximum Gasteiger partial charge on any atom is 0.239 e. The van der Waals surface area contributed by atoms with E-state index in [0.717, 1.165) is 19.4 Å². The quantitative estimate of drug-likeness (QED) is 0.785. The Morgan fingerprint density at radius 2 is 2.07 bits per heavy atom. The molecule has 3 nitrogen and oxygen atoms in total. The van der Waals surface area contributed by atoms with Crippen LogP contribution in [0.3, 0.4) is 0 Å². The topological polar surface area (TPSA) is 46.3 Å². The summed E-state index contributed by atoms with van der Waals surface area (Å²) in [5.41, 5.74) is 6.90. The minimum absolute atomic E-state index is 0.0881. The zero-order chi connectivity index (χ0) is 10.7. The highest BCUT2D eigenvalue weighted by atomic mass is 16.2. The molecule has 2 rings (SSSR count). The fourth-order valence-electron chi connectivity index (χ4n) is 1.93. The van der Waals surface area contributed by atoms with Crippen molar-refractivity contribution in [3.05, 3.63) is 35.9 Å². The van der Waals surface area contributed by atoms with Gasteiger partial charge in [-0.3, -0.25) is 4.79 Å². The van der Waals surface area contributed by atoms with Crippen LogP contribution < -0.4 is 5.73 Å². The first-order chi connectivity index (χ1) is 7.27. The second kappa shape index (κ2) is 4.45. The molecule has 1 heterocycles. The number of piperidine rings is 1. The molecule has 1 aromatic carbocycles.